The van der Waals surface area contributed by atoms with Gasteiger partial charge in [0.15, 0.2) is 16.0 Å². The lowest BCUT2D eigenvalue weighted by atomic mass is 10.3. The molecule has 2 nitrogen and oxygen atoms in total. The summed E-state index contributed by atoms with van der Waals surface area (Å²) in [5, 5.41) is 0. The topological polar surface area (TPSA) is 22.1 Å². The zero-order valence-corrected chi connectivity index (χ0v) is 11.4. The number of ether oxygens (including phenoxy) is 1. The van der Waals surface area contributed by atoms with E-state index in [1.54, 1.807) is 6.20 Å². The highest BCUT2D eigenvalue weighted by atomic mass is 79.9. The van der Waals surface area contributed by atoms with Gasteiger partial charge < -0.3 is 4.74 Å². The van der Waals surface area contributed by atoms with E-state index in [4.69, 9.17) is 16.3 Å². The first-order valence-corrected chi connectivity index (χ1v) is 6.42. The fraction of sp³-hybridized carbons (Fsp3) is 0.100. The molecule has 2 aromatic rings. The van der Waals surface area contributed by atoms with Gasteiger partial charge in [0, 0.05) is 12.3 Å². The molecule has 1 aromatic heterocycles. The first kappa shape index (κ1) is 12.7. The number of benzene rings is 1. The highest BCUT2D eigenvalue weighted by Crippen LogP contribution is 2.30. The summed E-state index contributed by atoms with van der Waals surface area (Å²) in [6.45, 7) is 0.130. The van der Waals surface area contributed by atoms with Crippen molar-refractivity contribution in [2.24, 2.45) is 0 Å². The molecule has 7 heteroatoms. The fourth-order valence-corrected chi connectivity index (χ4v) is 2.57. The first-order chi connectivity index (χ1) is 8.06. The number of hydrogen-bond acceptors (Lipinski definition) is 3. The summed E-state index contributed by atoms with van der Waals surface area (Å²) in [4.78, 5) is 4.58. The Bertz CT molecular complexity index is 526. The molecule has 0 aliphatic heterocycles. The molecule has 0 aliphatic carbocycles. The summed E-state index contributed by atoms with van der Waals surface area (Å²) in [5.74, 6) is -1.45. The molecular formula is C10H5BrClF2NOS. The minimum Gasteiger partial charge on any atom is -0.484 e. The average molecular weight is 341 g/mol. The highest BCUT2D eigenvalue weighted by Gasteiger charge is 2.11. The molecule has 1 aromatic carbocycles. The van der Waals surface area contributed by atoms with Crippen molar-refractivity contribution in [3.63, 3.8) is 0 Å². The van der Waals surface area contributed by atoms with Crippen LogP contribution in [0.1, 0.15) is 4.88 Å². The van der Waals surface area contributed by atoms with Gasteiger partial charge in [0.1, 0.15) is 12.4 Å². The van der Waals surface area contributed by atoms with Gasteiger partial charge in [-0.3, -0.25) is 0 Å². The molecule has 0 radical (unpaired) electrons. The van der Waals surface area contributed by atoms with E-state index in [0.717, 1.165) is 17.0 Å². The lowest BCUT2D eigenvalue weighted by molar-refractivity contribution is 0.290. The van der Waals surface area contributed by atoms with Crippen molar-refractivity contribution in [1.29, 1.82) is 0 Å². The van der Waals surface area contributed by atoms with Crippen LogP contribution in [0.15, 0.2) is 22.8 Å². The molecule has 17 heavy (non-hydrogen) atoms. The van der Waals surface area contributed by atoms with Crippen LogP contribution in [0, 0.1) is 11.6 Å². The average Bonchev–Trinajstić information content (AvgIpc) is 2.62. The van der Waals surface area contributed by atoms with Crippen molar-refractivity contribution in [1.82, 2.24) is 4.98 Å². The maximum atomic E-state index is 13.4. The number of rotatable bonds is 3. The molecular weight excluding hydrogens is 336 g/mol. The lowest BCUT2D eigenvalue weighted by Gasteiger charge is -2.07. The van der Waals surface area contributed by atoms with Gasteiger partial charge in [-0.05, 0) is 22.0 Å². The molecule has 90 valence electrons. The number of aromatic nitrogens is 1. The molecule has 0 saturated heterocycles. The Balaban J connectivity index is 2.14. The van der Waals surface area contributed by atoms with E-state index in [-0.39, 0.29) is 16.8 Å². The van der Waals surface area contributed by atoms with Crippen LogP contribution >= 0.6 is 38.9 Å². The quantitative estimate of drug-likeness (QED) is 0.825. The van der Waals surface area contributed by atoms with Crippen LogP contribution in [0.3, 0.4) is 0 Å². The molecule has 2 rings (SSSR count). The molecule has 0 spiro atoms. The van der Waals surface area contributed by atoms with Crippen molar-refractivity contribution in [3.8, 4) is 5.75 Å². The van der Waals surface area contributed by atoms with E-state index in [1.165, 1.54) is 11.3 Å². The van der Waals surface area contributed by atoms with Crippen LogP contribution < -0.4 is 4.74 Å². The highest BCUT2D eigenvalue weighted by molar-refractivity contribution is 9.10. The Morgan fingerprint density at radius 1 is 1.41 bits per heavy atom. The van der Waals surface area contributed by atoms with Gasteiger partial charge in [-0.15, -0.1) is 11.3 Å². The van der Waals surface area contributed by atoms with E-state index in [0.29, 0.717) is 4.47 Å². The van der Waals surface area contributed by atoms with E-state index in [2.05, 4.69) is 20.9 Å². The number of hydrogen-bond donors (Lipinski definition) is 0. The van der Waals surface area contributed by atoms with Crippen molar-refractivity contribution in [2.45, 2.75) is 6.61 Å². The number of thiazole rings is 1. The summed E-state index contributed by atoms with van der Waals surface area (Å²) < 4.78 is 32.1. The third-order valence-electron chi connectivity index (χ3n) is 1.85. The second-order valence-electron chi connectivity index (χ2n) is 3.07. The first-order valence-electron chi connectivity index (χ1n) is 4.44. The fourth-order valence-electron chi connectivity index (χ4n) is 1.16. The van der Waals surface area contributed by atoms with Crippen molar-refractivity contribution >= 4 is 38.9 Å². The van der Waals surface area contributed by atoms with Gasteiger partial charge >= 0.3 is 0 Å². The van der Waals surface area contributed by atoms with Crippen molar-refractivity contribution < 1.29 is 13.5 Å². The molecule has 0 N–H and O–H groups in total. The molecule has 0 saturated carbocycles. The number of halogens is 4. The zero-order chi connectivity index (χ0) is 12.4. The summed E-state index contributed by atoms with van der Waals surface area (Å²) in [6.07, 6.45) is 1.54. The lowest BCUT2D eigenvalue weighted by Crippen LogP contribution is -1.97. The number of nitrogens with zero attached hydrogens (tertiary/aromatic N) is 1. The minimum atomic E-state index is -0.757. The Hall–Kier alpha value is -0.720. The van der Waals surface area contributed by atoms with Gasteiger partial charge in [0.25, 0.3) is 0 Å². The normalized spacial score (nSPS) is 10.6. The van der Waals surface area contributed by atoms with Gasteiger partial charge in [-0.1, -0.05) is 11.6 Å². The van der Waals surface area contributed by atoms with Gasteiger partial charge in [0.05, 0.1) is 9.35 Å². The van der Waals surface area contributed by atoms with Crippen molar-refractivity contribution in [2.75, 3.05) is 0 Å². The Kier molecular flexibility index (Phi) is 3.96. The monoisotopic (exact) mass is 339 g/mol. The van der Waals surface area contributed by atoms with E-state index in [9.17, 15) is 8.78 Å². The third-order valence-corrected chi connectivity index (χ3v) is 3.52. The predicted octanol–water partition coefficient (Wildman–Crippen LogP) is 4.42. The molecule has 0 unspecified atom stereocenters. The Labute approximate surface area is 113 Å². The maximum Gasteiger partial charge on any atom is 0.183 e. The Morgan fingerprint density at radius 3 is 2.76 bits per heavy atom. The van der Waals surface area contributed by atoms with Gasteiger partial charge in [-0.2, -0.15) is 0 Å². The van der Waals surface area contributed by atoms with E-state index >= 15 is 0 Å². The molecule has 1 heterocycles. The summed E-state index contributed by atoms with van der Waals surface area (Å²) in [7, 11) is 0. The third kappa shape index (κ3) is 3.14. The van der Waals surface area contributed by atoms with E-state index in [1.807, 2.05) is 0 Å². The van der Waals surface area contributed by atoms with Crippen molar-refractivity contribution in [3.05, 3.63) is 43.8 Å². The van der Waals surface area contributed by atoms with Crippen LogP contribution in [0.4, 0.5) is 8.78 Å². The van der Waals surface area contributed by atoms with E-state index < -0.39 is 11.6 Å². The zero-order valence-electron chi connectivity index (χ0n) is 8.21. The SMILES string of the molecule is Fc1cc(F)c(OCc2cnc(Cl)s2)c(Br)c1. The predicted molar refractivity (Wildman–Crippen MR) is 65.5 cm³/mol. The molecule has 0 atom stereocenters. The molecule has 0 bridgehead atoms. The molecule has 0 fully saturated rings. The summed E-state index contributed by atoms with van der Waals surface area (Å²) >= 11 is 9.92. The second kappa shape index (κ2) is 5.29. The standard InChI is InChI=1S/C10H5BrClF2NOS/c11-7-1-5(13)2-8(14)9(7)16-4-6-3-15-10(12)17-6/h1-3H,4H2. The second-order valence-corrected chi connectivity index (χ2v) is 5.62. The van der Waals surface area contributed by atoms with Crippen LogP contribution in [-0.2, 0) is 6.61 Å². The van der Waals surface area contributed by atoms with Crippen LogP contribution in [0.25, 0.3) is 0 Å². The maximum absolute atomic E-state index is 13.4. The summed E-state index contributed by atoms with van der Waals surface area (Å²) in [5.41, 5.74) is 0. The minimum absolute atomic E-state index is 0.0316. The van der Waals surface area contributed by atoms with Gasteiger partial charge in [0.2, 0.25) is 0 Å². The van der Waals surface area contributed by atoms with Crippen LogP contribution in [0.5, 0.6) is 5.75 Å². The molecule has 0 aliphatic rings. The van der Waals surface area contributed by atoms with Crippen LogP contribution in [0.2, 0.25) is 4.47 Å². The summed E-state index contributed by atoms with van der Waals surface area (Å²) in [6, 6.07) is 1.90. The largest absolute Gasteiger partial charge is 0.484 e. The molecule has 0 amide bonds. The van der Waals surface area contributed by atoms with Gasteiger partial charge in [-0.25, -0.2) is 13.8 Å². The van der Waals surface area contributed by atoms with Crippen LogP contribution in [-0.4, -0.2) is 4.98 Å². The smallest absolute Gasteiger partial charge is 0.183 e. The Morgan fingerprint density at radius 2 is 2.18 bits per heavy atom.